The first-order chi connectivity index (χ1) is 7.99. The topological polar surface area (TPSA) is 0 Å². The van der Waals surface area contributed by atoms with E-state index in [1.807, 2.05) is 18.2 Å². The monoisotopic (exact) mass is 348 g/mol. The summed E-state index contributed by atoms with van der Waals surface area (Å²) in [6.07, 6.45) is 0. The van der Waals surface area contributed by atoms with Crippen LogP contribution in [0.15, 0.2) is 28.7 Å². The molecule has 0 aliphatic carbocycles. The van der Waals surface area contributed by atoms with Crippen LogP contribution in [-0.4, -0.2) is 0 Å². The lowest BCUT2D eigenvalue weighted by Crippen LogP contribution is -1.92. The third-order valence-corrected chi connectivity index (χ3v) is 5.60. The van der Waals surface area contributed by atoms with Crippen LogP contribution >= 0.6 is 50.5 Å². The first kappa shape index (κ1) is 13.4. The SMILES string of the molecule is Cc1cc(C)c(C(Cl)c2ccc(Br)c(Cl)c2)s1. The van der Waals surface area contributed by atoms with Crippen LogP contribution in [0.5, 0.6) is 0 Å². The number of halogens is 3. The molecule has 1 atom stereocenters. The van der Waals surface area contributed by atoms with Crippen LogP contribution in [0.2, 0.25) is 5.02 Å². The molecule has 0 aliphatic rings. The zero-order valence-corrected chi connectivity index (χ0v) is 13.3. The largest absolute Gasteiger partial charge is 0.143 e. The summed E-state index contributed by atoms with van der Waals surface area (Å²) < 4.78 is 0.894. The third kappa shape index (κ3) is 2.87. The van der Waals surface area contributed by atoms with E-state index in [1.54, 1.807) is 11.3 Å². The van der Waals surface area contributed by atoms with E-state index in [-0.39, 0.29) is 5.38 Å². The van der Waals surface area contributed by atoms with Gasteiger partial charge in [0.25, 0.3) is 0 Å². The van der Waals surface area contributed by atoms with Crippen molar-refractivity contribution in [3.05, 3.63) is 54.6 Å². The highest BCUT2D eigenvalue weighted by Gasteiger charge is 2.16. The second-order valence-electron chi connectivity index (χ2n) is 3.94. The normalized spacial score (nSPS) is 12.8. The van der Waals surface area contributed by atoms with Crippen molar-refractivity contribution in [2.24, 2.45) is 0 Å². The fourth-order valence-electron chi connectivity index (χ4n) is 1.73. The molecule has 1 unspecified atom stereocenters. The highest BCUT2D eigenvalue weighted by atomic mass is 79.9. The van der Waals surface area contributed by atoms with Gasteiger partial charge >= 0.3 is 0 Å². The number of hydrogen-bond acceptors (Lipinski definition) is 1. The number of alkyl halides is 1. The van der Waals surface area contributed by atoms with Gasteiger partial charge in [0.2, 0.25) is 0 Å². The Labute approximate surface area is 124 Å². The van der Waals surface area contributed by atoms with Gasteiger partial charge in [-0.3, -0.25) is 0 Å². The van der Waals surface area contributed by atoms with Crippen molar-refractivity contribution in [2.45, 2.75) is 19.2 Å². The molecule has 1 heterocycles. The van der Waals surface area contributed by atoms with E-state index in [4.69, 9.17) is 23.2 Å². The standard InChI is InChI=1S/C13H11BrCl2S/c1-7-5-8(2)17-13(7)12(16)9-3-4-10(14)11(15)6-9/h3-6,12H,1-2H3. The van der Waals surface area contributed by atoms with Gasteiger partial charge in [-0.15, -0.1) is 22.9 Å². The summed E-state index contributed by atoms with van der Waals surface area (Å²) in [5.74, 6) is 0. The van der Waals surface area contributed by atoms with Crippen molar-refractivity contribution < 1.29 is 0 Å². The first-order valence-corrected chi connectivity index (χ1v) is 7.57. The number of aryl methyl sites for hydroxylation is 2. The molecule has 0 nitrogen and oxygen atoms in total. The molecular weight excluding hydrogens is 339 g/mol. The Hall–Kier alpha value is -0.0200. The lowest BCUT2D eigenvalue weighted by Gasteiger charge is -2.10. The average molecular weight is 350 g/mol. The molecule has 0 fully saturated rings. The van der Waals surface area contributed by atoms with E-state index < -0.39 is 0 Å². The highest BCUT2D eigenvalue weighted by molar-refractivity contribution is 9.10. The van der Waals surface area contributed by atoms with Gasteiger partial charge in [-0.2, -0.15) is 0 Å². The van der Waals surface area contributed by atoms with E-state index in [1.165, 1.54) is 15.3 Å². The number of thiophene rings is 1. The van der Waals surface area contributed by atoms with Gasteiger partial charge in [0, 0.05) is 14.2 Å². The minimum Gasteiger partial charge on any atom is -0.143 e. The molecule has 1 aromatic carbocycles. The fraction of sp³-hybridized carbons (Fsp3) is 0.231. The van der Waals surface area contributed by atoms with Crippen LogP contribution in [0, 0.1) is 13.8 Å². The molecule has 17 heavy (non-hydrogen) atoms. The van der Waals surface area contributed by atoms with Gasteiger partial charge in [-0.05, 0) is 59.1 Å². The quantitative estimate of drug-likeness (QED) is 0.574. The summed E-state index contributed by atoms with van der Waals surface area (Å²) in [6, 6.07) is 8.01. The molecule has 0 amide bonds. The summed E-state index contributed by atoms with van der Waals surface area (Å²) in [6.45, 7) is 4.19. The van der Waals surface area contributed by atoms with Crippen molar-refractivity contribution in [3.63, 3.8) is 0 Å². The van der Waals surface area contributed by atoms with Crippen LogP contribution in [0.25, 0.3) is 0 Å². The minimum absolute atomic E-state index is 0.126. The molecule has 0 saturated heterocycles. The summed E-state index contributed by atoms with van der Waals surface area (Å²) in [5.41, 5.74) is 2.27. The van der Waals surface area contributed by atoms with Crippen molar-refractivity contribution >= 4 is 50.5 Å². The second-order valence-corrected chi connectivity index (χ2v) is 6.93. The lowest BCUT2D eigenvalue weighted by atomic mass is 10.1. The summed E-state index contributed by atoms with van der Waals surface area (Å²) in [5, 5.41) is 0.568. The molecule has 0 spiro atoms. The predicted octanol–water partition coefficient (Wildman–Crippen LogP) is 6.11. The molecular formula is C13H11BrCl2S. The van der Waals surface area contributed by atoms with E-state index in [2.05, 4.69) is 35.8 Å². The number of benzene rings is 1. The molecule has 2 aromatic rings. The van der Waals surface area contributed by atoms with E-state index >= 15 is 0 Å². The Morgan fingerprint density at radius 2 is 1.94 bits per heavy atom. The molecule has 0 radical (unpaired) electrons. The minimum atomic E-state index is -0.126. The predicted molar refractivity (Wildman–Crippen MR) is 80.6 cm³/mol. The van der Waals surface area contributed by atoms with Gasteiger partial charge in [0.15, 0.2) is 0 Å². The zero-order chi connectivity index (χ0) is 12.6. The Morgan fingerprint density at radius 3 is 2.47 bits per heavy atom. The Morgan fingerprint density at radius 1 is 1.24 bits per heavy atom. The second kappa shape index (κ2) is 5.31. The van der Waals surface area contributed by atoms with Gasteiger partial charge < -0.3 is 0 Å². The van der Waals surface area contributed by atoms with Crippen LogP contribution in [-0.2, 0) is 0 Å². The maximum absolute atomic E-state index is 6.51. The lowest BCUT2D eigenvalue weighted by molar-refractivity contribution is 1.16. The molecule has 90 valence electrons. The third-order valence-electron chi connectivity index (χ3n) is 2.55. The molecule has 0 bridgehead atoms. The van der Waals surface area contributed by atoms with Crippen molar-refractivity contribution in [1.29, 1.82) is 0 Å². The van der Waals surface area contributed by atoms with E-state index in [9.17, 15) is 0 Å². The van der Waals surface area contributed by atoms with Gasteiger partial charge in [-0.1, -0.05) is 17.7 Å². The molecule has 0 saturated carbocycles. The molecule has 2 rings (SSSR count). The smallest absolute Gasteiger partial charge is 0.0931 e. The van der Waals surface area contributed by atoms with Crippen LogP contribution < -0.4 is 0 Å². The fourth-order valence-corrected chi connectivity index (χ4v) is 3.65. The summed E-state index contributed by atoms with van der Waals surface area (Å²) in [7, 11) is 0. The zero-order valence-electron chi connectivity index (χ0n) is 9.43. The average Bonchev–Trinajstić information content (AvgIpc) is 2.61. The van der Waals surface area contributed by atoms with Gasteiger partial charge in [-0.25, -0.2) is 0 Å². The van der Waals surface area contributed by atoms with Crippen molar-refractivity contribution in [3.8, 4) is 0 Å². The molecule has 4 heteroatoms. The van der Waals surface area contributed by atoms with Gasteiger partial charge in [0.05, 0.1) is 10.4 Å². The first-order valence-electron chi connectivity index (χ1n) is 5.15. The van der Waals surface area contributed by atoms with E-state index in [0.29, 0.717) is 5.02 Å². The van der Waals surface area contributed by atoms with Crippen LogP contribution in [0.1, 0.15) is 26.3 Å². The Bertz CT molecular complexity index is 548. The van der Waals surface area contributed by atoms with E-state index in [0.717, 1.165) is 10.0 Å². The summed E-state index contributed by atoms with van der Waals surface area (Å²) >= 11 is 17.7. The van der Waals surface area contributed by atoms with Gasteiger partial charge in [0.1, 0.15) is 0 Å². The highest BCUT2D eigenvalue weighted by Crippen LogP contribution is 2.38. The summed E-state index contributed by atoms with van der Waals surface area (Å²) in [4.78, 5) is 2.48. The molecule has 0 aliphatic heterocycles. The number of hydrogen-bond donors (Lipinski definition) is 0. The van der Waals surface area contributed by atoms with Crippen molar-refractivity contribution in [1.82, 2.24) is 0 Å². The molecule has 0 N–H and O–H groups in total. The number of rotatable bonds is 2. The van der Waals surface area contributed by atoms with Crippen LogP contribution in [0.4, 0.5) is 0 Å². The maximum Gasteiger partial charge on any atom is 0.0931 e. The Kier molecular flexibility index (Phi) is 4.19. The molecule has 1 aromatic heterocycles. The Balaban J connectivity index is 2.40. The maximum atomic E-state index is 6.51. The van der Waals surface area contributed by atoms with Crippen molar-refractivity contribution in [2.75, 3.05) is 0 Å². The van der Waals surface area contributed by atoms with Crippen LogP contribution in [0.3, 0.4) is 0 Å².